The molecule has 1 atom stereocenters. The standard InChI is InChI=1S/C5H10O2S/c1-5(2,4-6)8(3)7/h4H,1-3H3. The molecule has 1 unspecified atom stereocenters. The summed E-state index contributed by atoms with van der Waals surface area (Å²) in [6.07, 6.45) is 2.23. The average Bonchev–Trinajstić information content (AvgIpc) is 1.67. The molecule has 0 aromatic heterocycles. The summed E-state index contributed by atoms with van der Waals surface area (Å²) in [5.74, 6) is 0. The fraction of sp³-hybridized carbons (Fsp3) is 0.800. The van der Waals surface area contributed by atoms with Crippen molar-refractivity contribution in [3.63, 3.8) is 0 Å². The highest BCUT2D eigenvalue weighted by atomic mass is 32.2. The van der Waals surface area contributed by atoms with Crippen LogP contribution in [0.15, 0.2) is 0 Å². The lowest BCUT2D eigenvalue weighted by atomic mass is 10.2. The maximum Gasteiger partial charge on any atom is 0.138 e. The molecule has 0 amide bonds. The summed E-state index contributed by atoms with van der Waals surface area (Å²) < 4.78 is 9.91. The van der Waals surface area contributed by atoms with E-state index in [4.69, 9.17) is 0 Å². The second kappa shape index (κ2) is 2.40. The highest BCUT2D eigenvalue weighted by Gasteiger charge is 2.20. The zero-order valence-electron chi connectivity index (χ0n) is 5.30. The smallest absolute Gasteiger partial charge is 0.138 e. The minimum Gasteiger partial charge on any atom is -0.302 e. The predicted molar refractivity (Wildman–Crippen MR) is 34.2 cm³/mol. The summed E-state index contributed by atoms with van der Waals surface area (Å²) in [5.41, 5.74) is 0. The molecule has 0 aromatic rings. The Bertz CT molecular complexity index is 118. The largest absolute Gasteiger partial charge is 0.302 e. The monoisotopic (exact) mass is 134 g/mol. The van der Waals surface area contributed by atoms with Crippen LogP contribution in [0.1, 0.15) is 13.8 Å². The van der Waals surface area contributed by atoms with E-state index in [0.717, 1.165) is 0 Å². The third kappa shape index (κ3) is 1.74. The number of carbonyl (C=O) groups excluding carboxylic acids is 1. The second-order valence-electron chi connectivity index (χ2n) is 2.18. The van der Waals surface area contributed by atoms with Crippen LogP contribution in [0.5, 0.6) is 0 Å². The molecular weight excluding hydrogens is 124 g/mol. The van der Waals surface area contributed by atoms with E-state index in [1.54, 1.807) is 13.8 Å². The Morgan fingerprint density at radius 1 is 1.50 bits per heavy atom. The second-order valence-corrected chi connectivity index (χ2v) is 4.14. The summed E-state index contributed by atoms with van der Waals surface area (Å²) in [7, 11) is -1.04. The first-order valence-electron chi connectivity index (χ1n) is 2.30. The van der Waals surface area contributed by atoms with Gasteiger partial charge in [0.2, 0.25) is 0 Å². The molecule has 8 heavy (non-hydrogen) atoms. The summed E-state index contributed by atoms with van der Waals surface area (Å²) in [4.78, 5) is 10.1. The van der Waals surface area contributed by atoms with Gasteiger partial charge in [-0.2, -0.15) is 0 Å². The normalized spacial score (nSPS) is 15.4. The maximum absolute atomic E-state index is 10.6. The molecule has 0 heterocycles. The minimum atomic E-state index is -1.04. The summed E-state index contributed by atoms with van der Waals surface area (Å²) in [6, 6.07) is 0. The Labute approximate surface area is 51.7 Å². The van der Waals surface area contributed by atoms with Crippen molar-refractivity contribution in [1.29, 1.82) is 0 Å². The van der Waals surface area contributed by atoms with Gasteiger partial charge in [-0.1, -0.05) is 0 Å². The summed E-state index contributed by atoms with van der Waals surface area (Å²) >= 11 is 0. The van der Waals surface area contributed by atoms with E-state index in [9.17, 15) is 9.00 Å². The van der Waals surface area contributed by atoms with Crippen LogP contribution in [0.4, 0.5) is 0 Å². The van der Waals surface area contributed by atoms with Crippen molar-refractivity contribution in [3.8, 4) is 0 Å². The Morgan fingerprint density at radius 2 is 1.88 bits per heavy atom. The van der Waals surface area contributed by atoms with Gasteiger partial charge < -0.3 is 4.79 Å². The molecule has 0 saturated heterocycles. The third-order valence-corrected chi connectivity index (χ3v) is 2.60. The topological polar surface area (TPSA) is 34.1 Å². The summed E-state index contributed by atoms with van der Waals surface area (Å²) in [6.45, 7) is 3.30. The average molecular weight is 134 g/mol. The number of aldehydes is 1. The van der Waals surface area contributed by atoms with Crippen molar-refractivity contribution in [3.05, 3.63) is 0 Å². The predicted octanol–water partition coefficient (Wildman–Crippen LogP) is 0.342. The van der Waals surface area contributed by atoms with E-state index in [1.165, 1.54) is 6.26 Å². The van der Waals surface area contributed by atoms with Gasteiger partial charge in [0.25, 0.3) is 0 Å². The molecule has 3 heteroatoms. The zero-order chi connectivity index (χ0) is 6.78. The van der Waals surface area contributed by atoms with Crippen LogP contribution >= 0.6 is 0 Å². The van der Waals surface area contributed by atoms with Crippen LogP contribution in [0, 0.1) is 0 Å². The van der Waals surface area contributed by atoms with Crippen LogP contribution in [-0.4, -0.2) is 21.5 Å². The summed E-state index contributed by atoms with van der Waals surface area (Å²) in [5, 5.41) is 0. The van der Waals surface area contributed by atoms with Crippen LogP contribution in [0.3, 0.4) is 0 Å². The van der Waals surface area contributed by atoms with Crippen molar-refractivity contribution in [2.24, 2.45) is 0 Å². The van der Waals surface area contributed by atoms with Crippen LogP contribution in [0.25, 0.3) is 0 Å². The van der Waals surface area contributed by atoms with Gasteiger partial charge in [0.15, 0.2) is 0 Å². The maximum atomic E-state index is 10.6. The van der Waals surface area contributed by atoms with Gasteiger partial charge in [-0.3, -0.25) is 4.21 Å². The molecule has 0 rings (SSSR count). The first kappa shape index (κ1) is 7.82. The van der Waals surface area contributed by atoms with E-state index >= 15 is 0 Å². The van der Waals surface area contributed by atoms with Crippen LogP contribution < -0.4 is 0 Å². The lowest BCUT2D eigenvalue weighted by molar-refractivity contribution is -0.109. The van der Waals surface area contributed by atoms with Crippen molar-refractivity contribution in [2.75, 3.05) is 6.26 Å². The molecule has 0 aliphatic heterocycles. The fourth-order valence-corrected chi connectivity index (χ4v) is 0.203. The quantitative estimate of drug-likeness (QED) is 0.510. The van der Waals surface area contributed by atoms with Crippen molar-refractivity contribution >= 4 is 17.1 Å². The van der Waals surface area contributed by atoms with Gasteiger partial charge in [0.05, 0.1) is 4.75 Å². The molecule has 2 nitrogen and oxygen atoms in total. The van der Waals surface area contributed by atoms with Crippen molar-refractivity contribution in [1.82, 2.24) is 0 Å². The Kier molecular flexibility index (Phi) is 2.34. The molecule has 48 valence electrons. The Morgan fingerprint density at radius 3 is 1.88 bits per heavy atom. The van der Waals surface area contributed by atoms with Gasteiger partial charge in [-0.15, -0.1) is 0 Å². The molecule has 0 aliphatic rings. The van der Waals surface area contributed by atoms with E-state index in [2.05, 4.69) is 0 Å². The Balaban J connectivity index is 4.12. The lowest BCUT2D eigenvalue weighted by Gasteiger charge is -2.10. The first-order valence-corrected chi connectivity index (χ1v) is 3.86. The van der Waals surface area contributed by atoms with E-state index < -0.39 is 15.5 Å². The zero-order valence-corrected chi connectivity index (χ0v) is 6.12. The number of hydrogen-bond donors (Lipinski definition) is 0. The number of carbonyl (C=O) groups is 1. The van der Waals surface area contributed by atoms with Gasteiger partial charge >= 0.3 is 0 Å². The fourth-order valence-electron chi connectivity index (χ4n) is 0.0678. The van der Waals surface area contributed by atoms with Crippen molar-refractivity contribution in [2.45, 2.75) is 18.6 Å². The molecule has 0 bridgehead atoms. The van der Waals surface area contributed by atoms with E-state index in [0.29, 0.717) is 6.29 Å². The van der Waals surface area contributed by atoms with Crippen molar-refractivity contribution < 1.29 is 9.00 Å². The molecule has 0 aliphatic carbocycles. The van der Waals surface area contributed by atoms with Gasteiger partial charge in [-0.05, 0) is 13.8 Å². The lowest BCUT2D eigenvalue weighted by Crippen LogP contribution is -2.26. The van der Waals surface area contributed by atoms with Gasteiger partial charge in [0.1, 0.15) is 6.29 Å². The van der Waals surface area contributed by atoms with Gasteiger partial charge in [-0.25, -0.2) is 0 Å². The molecule has 0 spiro atoms. The van der Waals surface area contributed by atoms with E-state index in [1.807, 2.05) is 0 Å². The minimum absolute atomic E-state index is 0.667. The third-order valence-electron chi connectivity index (χ3n) is 1.02. The van der Waals surface area contributed by atoms with Gasteiger partial charge in [0, 0.05) is 17.1 Å². The van der Waals surface area contributed by atoms with Crippen LogP contribution in [0.2, 0.25) is 0 Å². The molecule has 0 aromatic carbocycles. The molecule has 0 radical (unpaired) electrons. The number of hydrogen-bond acceptors (Lipinski definition) is 2. The molecule has 0 fully saturated rings. The van der Waals surface area contributed by atoms with Crippen LogP contribution in [-0.2, 0) is 15.6 Å². The highest BCUT2D eigenvalue weighted by molar-refractivity contribution is 7.86. The SMILES string of the molecule is CS(=O)C(C)(C)C=O. The highest BCUT2D eigenvalue weighted by Crippen LogP contribution is 2.05. The molecule has 0 saturated carbocycles. The molecular formula is C5H10O2S. The number of rotatable bonds is 2. The Hall–Kier alpha value is -0.180. The first-order chi connectivity index (χ1) is 3.50. The molecule has 0 N–H and O–H groups in total. The van der Waals surface area contributed by atoms with E-state index in [-0.39, 0.29) is 0 Å².